The first-order valence-corrected chi connectivity index (χ1v) is 15.3. The smallest absolute Gasteiger partial charge is 0.166 e. The molecule has 0 bridgehead atoms. The molecule has 0 spiro atoms. The minimum Gasteiger partial charge on any atom is -0.453 e. The number of Topliss-reactive ketones (excluding diaryl/α,β-unsaturated/α-hetero) is 2. The quantitative estimate of drug-likeness (QED) is 0.157. The summed E-state index contributed by atoms with van der Waals surface area (Å²) in [6.45, 7) is 3.18. The molecule has 1 saturated carbocycles. The van der Waals surface area contributed by atoms with E-state index >= 15 is 4.39 Å². The van der Waals surface area contributed by atoms with Gasteiger partial charge in [0, 0.05) is 49.6 Å². The van der Waals surface area contributed by atoms with Gasteiger partial charge in [-0.05, 0) is 72.5 Å². The maximum absolute atomic E-state index is 15.3. The Bertz CT molecular complexity index is 1920. The maximum atomic E-state index is 15.3. The molecule has 0 radical (unpaired) electrons. The van der Waals surface area contributed by atoms with Crippen LogP contribution in [-0.2, 0) is 27.2 Å². The van der Waals surface area contributed by atoms with Gasteiger partial charge in [-0.2, -0.15) is 0 Å². The van der Waals surface area contributed by atoms with E-state index in [1.807, 2.05) is 18.2 Å². The lowest BCUT2D eigenvalue weighted by molar-refractivity contribution is -0.133. The zero-order chi connectivity index (χ0) is 31.7. The summed E-state index contributed by atoms with van der Waals surface area (Å²) in [4.78, 5) is 37.6. The van der Waals surface area contributed by atoms with E-state index in [0.717, 1.165) is 43.2 Å². The van der Waals surface area contributed by atoms with Crippen LogP contribution in [0.5, 0.6) is 11.5 Å². The minimum atomic E-state index is -1.05. The average Bonchev–Trinajstić information content (AvgIpc) is 3.90. The molecule has 232 valence electrons. The van der Waals surface area contributed by atoms with Gasteiger partial charge in [0.1, 0.15) is 11.6 Å². The van der Waals surface area contributed by atoms with E-state index in [2.05, 4.69) is 27.0 Å². The second-order valence-corrected chi connectivity index (χ2v) is 11.8. The summed E-state index contributed by atoms with van der Waals surface area (Å²) in [5, 5.41) is 0.630. The Morgan fingerprint density at radius 3 is 2.20 bits per heavy atom. The first-order valence-electron chi connectivity index (χ1n) is 15.3. The van der Waals surface area contributed by atoms with Crippen molar-refractivity contribution in [1.29, 1.82) is 0 Å². The van der Waals surface area contributed by atoms with Crippen molar-refractivity contribution in [3.63, 3.8) is 0 Å². The van der Waals surface area contributed by atoms with Crippen LogP contribution < -0.4 is 9.64 Å². The Kier molecular flexibility index (Phi) is 8.00. The van der Waals surface area contributed by atoms with E-state index in [1.165, 1.54) is 24.3 Å². The third-order valence-electron chi connectivity index (χ3n) is 8.80. The van der Waals surface area contributed by atoms with Gasteiger partial charge in [0.25, 0.3) is 0 Å². The van der Waals surface area contributed by atoms with Crippen LogP contribution in [0.15, 0.2) is 91.3 Å². The monoisotopic (exact) mass is 619 g/mol. The Morgan fingerprint density at radius 2 is 1.50 bits per heavy atom. The molecule has 1 aliphatic carbocycles. The predicted octanol–water partition coefficient (Wildman–Crippen LogP) is 6.91. The summed E-state index contributed by atoms with van der Waals surface area (Å²) >= 11 is 0. The zero-order valence-electron chi connectivity index (χ0n) is 25.0. The molecule has 7 rings (SSSR count). The number of aromatic nitrogens is 2. The van der Waals surface area contributed by atoms with Crippen molar-refractivity contribution in [3.05, 3.63) is 114 Å². The van der Waals surface area contributed by atoms with Crippen LogP contribution in [-0.4, -0.2) is 47.8 Å². The van der Waals surface area contributed by atoms with Crippen LogP contribution in [0, 0.1) is 17.0 Å². The molecule has 0 amide bonds. The van der Waals surface area contributed by atoms with Crippen LogP contribution in [0.25, 0.3) is 22.2 Å². The summed E-state index contributed by atoms with van der Waals surface area (Å²) < 4.78 is 39.9. The van der Waals surface area contributed by atoms with Crippen molar-refractivity contribution in [1.82, 2.24) is 9.97 Å². The molecule has 1 saturated heterocycles. The summed E-state index contributed by atoms with van der Waals surface area (Å²) in [5.74, 6) is -1.02. The maximum Gasteiger partial charge on any atom is 0.166 e. The van der Waals surface area contributed by atoms with Gasteiger partial charge < -0.3 is 14.4 Å². The molecule has 46 heavy (non-hydrogen) atoms. The zero-order valence-corrected chi connectivity index (χ0v) is 25.0. The number of fused-ring (bicyclic) bond motifs is 1. The number of carbonyl (C=O) groups is 2. The van der Waals surface area contributed by atoms with Gasteiger partial charge in [-0.25, -0.2) is 8.78 Å². The largest absolute Gasteiger partial charge is 0.453 e. The number of morpholine rings is 1. The molecule has 2 aromatic heterocycles. The summed E-state index contributed by atoms with van der Waals surface area (Å²) in [6.07, 6.45) is 4.22. The number of hydrogen-bond acceptors (Lipinski definition) is 7. The Balaban J connectivity index is 1.03. The average molecular weight is 620 g/mol. The Hall–Kier alpha value is -5.02. The number of nitrogens with zero attached hydrogens (tertiary/aromatic N) is 3. The fourth-order valence-corrected chi connectivity index (χ4v) is 5.93. The second kappa shape index (κ2) is 12.4. The second-order valence-electron chi connectivity index (χ2n) is 11.8. The van der Waals surface area contributed by atoms with Crippen molar-refractivity contribution in [3.8, 4) is 22.8 Å². The molecule has 3 heterocycles. The first kappa shape index (κ1) is 29.7. The third-order valence-corrected chi connectivity index (χ3v) is 8.80. The van der Waals surface area contributed by atoms with Crippen molar-refractivity contribution in [2.75, 3.05) is 31.2 Å². The molecular weight excluding hydrogens is 588 g/mol. The highest BCUT2D eigenvalue weighted by atomic mass is 19.1. The van der Waals surface area contributed by atoms with E-state index in [0.29, 0.717) is 40.6 Å². The highest BCUT2D eigenvalue weighted by Crippen LogP contribution is 2.49. The molecular formula is C37H31F2N3O4. The summed E-state index contributed by atoms with van der Waals surface area (Å²) in [5.41, 5.74) is 3.58. The lowest BCUT2D eigenvalue weighted by atomic mass is 9.88. The molecule has 3 aromatic carbocycles. The number of halogens is 2. The Morgan fingerprint density at radius 1 is 0.804 bits per heavy atom. The van der Waals surface area contributed by atoms with E-state index < -0.39 is 11.2 Å². The van der Waals surface area contributed by atoms with Crippen molar-refractivity contribution in [2.45, 2.75) is 25.7 Å². The van der Waals surface area contributed by atoms with E-state index in [4.69, 9.17) is 9.47 Å². The predicted molar refractivity (Wildman–Crippen MR) is 170 cm³/mol. The third kappa shape index (κ3) is 6.10. The van der Waals surface area contributed by atoms with Gasteiger partial charge in [-0.1, -0.05) is 30.3 Å². The number of rotatable bonds is 10. The van der Waals surface area contributed by atoms with Crippen LogP contribution in [0.3, 0.4) is 0 Å². The minimum absolute atomic E-state index is 0.00000147. The topological polar surface area (TPSA) is 81.6 Å². The van der Waals surface area contributed by atoms with Crippen LogP contribution in [0.2, 0.25) is 0 Å². The molecule has 2 aliphatic rings. The first-order chi connectivity index (χ1) is 22.4. The fourth-order valence-electron chi connectivity index (χ4n) is 5.93. The summed E-state index contributed by atoms with van der Waals surface area (Å²) in [6, 6.07) is 21.8. The van der Waals surface area contributed by atoms with E-state index in [1.54, 1.807) is 36.7 Å². The molecule has 5 aromatic rings. The van der Waals surface area contributed by atoms with Crippen molar-refractivity contribution in [2.24, 2.45) is 5.41 Å². The lowest BCUT2D eigenvalue weighted by Gasteiger charge is -2.28. The molecule has 9 heteroatoms. The number of carbonyl (C=O) groups excluding carboxylic acids is 2. The van der Waals surface area contributed by atoms with Crippen molar-refractivity contribution < 1.29 is 27.8 Å². The number of ether oxygens (including phenoxy) is 2. The van der Waals surface area contributed by atoms with Crippen LogP contribution in [0.4, 0.5) is 14.5 Å². The van der Waals surface area contributed by atoms with Gasteiger partial charge in [-0.3, -0.25) is 19.6 Å². The van der Waals surface area contributed by atoms with Gasteiger partial charge in [0.05, 0.1) is 35.2 Å². The highest BCUT2D eigenvalue weighted by molar-refractivity contribution is 6.11. The molecule has 7 nitrogen and oxygen atoms in total. The van der Waals surface area contributed by atoms with Gasteiger partial charge in [0.2, 0.25) is 0 Å². The van der Waals surface area contributed by atoms with E-state index in [-0.39, 0.29) is 36.0 Å². The van der Waals surface area contributed by atoms with Crippen LogP contribution >= 0.6 is 0 Å². The SMILES string of the molecule is O=C(Cc1ccc(F)cc1)C1(C(=O)Cc2ccc(Oc3ccnc4cc(-c5ccc(N6CCOCC6)cc5)ncc34)c(F)c2)CC1. The van der Waals surface area contributed by atoms with Gasteiger partial charge >= 0.3 is 0 Å². The molecule has 0 unspecified atom stereocenters. The molecule has 0 N–H and O–H groups in total. The van der Waals surface area contributed by atoms with E-state index in [9.17, 15) is 14.0 Å². The fraction of sp³-hybridized carbons (Fsp3) is 0.243. The number of pyridine rings is 2. The molecule has 1 aliphatic heterocycles. The van der Waals surface area contributed by atoms with Crippen molar-refractivity contribution >= 4 is 28.2 Å². The lowest BCUT2D eigenvalue weighted by Crippen LogP contribution is -2.36. The number of hydrogen-bond donors (Lipinski definition) is 0. The Labute approximate surface area is 264 Å². The normalized spacial score (nSPS) is 15.5. The van der Waals surface area contributed by atoms with Gasteiger partial charge in [0.15, 0.2) is 23.1 Å². The standard InChI is InChI=1S/C37H31F2N3O4/c38-27-6-1-24(2-7-27)20-35(43)37(12-13-37)36(44)21-25-3-10-34(30(39)19-25)46-33-11-14-40-32-22-31(41-23-29(32)33)26-4-8-28(9-5-26)42-15-17-45-18-16-42/h1-11,14,19,22-23H,12-13,15-18,20-21H2. The molecule has 0 atom stereocenters. The van der Waals surface area contributed by atoms with Crippen LogP contribution in [0.1, 0.15) is 24.0 Å². The number of anilines is 1. The number of benzene rings is 3. The summed E-state index contributed by atoms with van der Waals surface area (Å²) in [7, 11) is 0. The number of ketones is 2. The highest BCUT2D eigenvalue weighted by Gasteiger charge is 2.54. The molecule has 2 fully saturated rings. The van der Waals surface area contributed by atoms with Gasteiger partial charge in [-0.15, -0.1) is 0 Å².